The highest BCUT2D eigenvalue weighted by atomic mass is 16.8. The van der Waals surface area contributed by atoms with Gasteiger partial charge in [0.25, 0.3) is 11.6 Å². The quantitative estimate of drug-likeness (QED) is 0.0235. The second-order valence-electron chi connectivity index (χ2n) is 17.6. The van der Waals surface area contributed by atoms with E-state index in [4.69, 9.17) is 28.4 Å². The third-order valence-corrected chi connectivity index (χ3v) is 12.3. The first-order chi connectivity index (χ1) is 29.1. The van der Waals surface area contributed by atoms with Gasteiger partial charge >= 0.3 is 0 Å². The zero-order valence-corrected chi connectivity index (χ0v) is 38.2. The molecule has 0 unspecified atom stereocenters. The van der Waals surface area contributed by atoms with Gasteiger partial charge in [0, 0.05) is 6.61 Å². The van der Waals surface area contributed by atoms with Crippen LogP contribution >= 0.6 is 0 Å². The molecular weight excluding hydrogens is 773 g/mol. The van der Waals surface area contributed by atoms with Gasteiger partial charge in [0.15, 0.2) is 6.29 Å². The Morgan fingerprint density at radius 2 is 0.800 bits per heavy atom. The molecular formula is C47H92O13. The minimum absolute atomic E-state index is 0.00769. The highest BCUT2D eigenvalue weighted by molar-refractivity contribution is 5.04. The Bertz CT molecular complexity index is 993. The van der Waals surface area contributed by atoms with Crippen molar-refractivity contribution in [3.05, 3.63) is 0 Å². The van der Waals surface area contributed by atoms with Gasteiger partial charge in [-0.1, -0.05) is 188 Å². The van der Waals surface area contributed by atoms with E-state index in [1.807, 2.05) is 6.92 Å². The summed E-state index contributed by atoms with van der Waals surface area (Å²) in [4.78, 5) is 0. The average molecular weight is 865 g/mol. The van der Waals surface area contributed by atoms with Crippen molar-refractivity contribution in [2.24, 2.45) is 0 Å². The van der Waals surface area contributed by atoms with E-state index in [1.54, 1.807) is 0 Å². The highest BCUT2D eigenvalue weighted by Crippen LogP contribution is 2.44. The molecule has 0 bridgehead atoms. The summed E-state index contributed by atoms with van der Waals surface area (Å²) in [6.07, 6.45) is 20.4. The number of hydrogen-bond donors (Lipinski definition) is 7. The minimum Gasteiger partial charge on any atom is -0.394 e. The fourth-order valence-electron chi connectivity index (χ4n) is 8.37. The van der Waals surface area contributed by atoms with E-state index in [-0.39, 0.29) is 19.8 Å². The topological polar surface area (TPSA) is 197 Å². The lowest BCUT2D eigenvalue weighted by molar-refractivity contribution is -0.509. The molecule has 60 heavy (non-hydrogen) atoms. The summed E-state index contributed by atoms with van der Waals surface area (Å²) < 4.78 is 35.9. The zero-order chi connectivity index (χ0) is 43.9. The summed E-state index contributed by atoms with van der Waals surface area (Å²) in [7, 11) is 0. The van der Waals surface area contributed by atoms with Gasteiger partial charge in [-0.25, -0.2) is 0 Å². The van der Waals surface area contributed by atoms with Crippen molar-refractivity contribution < 1.29 is 64.2 Å². The van der Waals surface area contributed by atoms with Gasteiger partial charge in [0.05, 0.1) is 26.4 Å². The normalized spacial score (nSPS) is 29.7. The molecule has 2 aliphatic rings. The van der Waals surface area contributed by atoms with E-state index in [2.05, 4.69) is 13.8 Å². The number of aliphatic hydroxyl groups is 7. The molecule has 13 heteroatoms. The van der Waals surface area contributed by atoms with Gasteiger partial charge in [0.2, 0.25) is 6.29 Å². The molecule has 358 valence electrons. The van der Waals surface area contributed by atoms with E-state index in [0.717, 1.165) is 44.9 Å². The maximum absolute atomic E-state index is 12.6. The Labute approximate surface area is 364 Å². The van der Waals surface area contributed by atoms with Crippen LogP contribution in [0.4, 0.5) is 0 Å². The molecule has 2 aliphatic heterocycles. The number of hydrogen-bond acceptors (Lipinski definition) is 13. The molecule has 0 aromatic carbocycles. The molecule has 2 fully saturated rings. The lowest BCUT2D eigenvalue weighted by Crippen LogP contribution is -2.78. The maximum Gasteiger partial charge on any atom is 0.277 e. The number of rotatable bonds is 39. The zero-order valence-electron chi connectivity index (χ0n) is 38.2. The fraction of sp³-hybridized carbons (Fsp3) is 1.00. The maximum atomic E-state index is 12.6. The van der Waals surface area contributed by atoms with E-state index in [9.17, 15) is 35.7 Å². The van der Waals surface area contributed by atoms with Gasteiger partial charge < -0.3 is 64.2 Å². The molecule has 0 radical (unpaired) electrons. The van der Waals surface area contributed by atoms with Crippen molar-refractivity contribution in [1.82, 2.24) is 0 Å². The van der Waals surface area contributed by atoms with Crippen LogP contribution in [-0.4, -0.2) is 130 Å². The third kappa shape index (κ3) is 19.7. The molecule has 13 nitrogen and oxygen atoms in total. The summed E-state index contributed by atoms with van der Waals surface area (Å²) >= 11 is 0. The summed E-state index contributed by atoms with van der Waals surface area (Å²) in [6.45, 7) is 5.12. The lowest BCUT2D eigenvalue weighted by Gasteiger charge is -2.55. The first kappa shape index (κ1) is 55.6. The predicted octanol–water partition coefficient (Wildman–Crippen LogP) is 7.69. The Morgan fingerprint density at radius 3 is 1.18 bits per heavy atom. The largest absolute Gasteiger partial charge is 0.394 e. The molecule has 0 amide bonds. The van der Waals surface area contributed by atoms with Crippen LogP contribution in [-0.2, 0) is 28.4 Å². The lowest BCUT2D eigenvalue weighted by atomic mass is 9.90. The van der Waals surface area contributed by atoms with Crippen LogP contribution in [0, 0.1) is 0 Å². The molecule has 0 saturated carbocycles. The standard InChI is InChI=1S/C47H92O13/c1-4-7-9-11-13-15-17-19-21-23-25-27-29-31-34-56-46(53)43(60-44-42(52)41(51)40(50)38(36-48)58-44)39(37-49)59-45(55-33-6-3)47(46,54)57-35-32-30-28-26-24-22-20-18-16-14-12-10-8-5-2/h38-45,48-54H,4-37H2,1-3H3/t38-,39-,40-,41+,42-,43-,44-,45-,46-,47-/m1/s1. The molecule has 10 atom stereocenters. The molecule has 0 aliphatic carbocycles. The predicted molar refractivity (Wildman–Crippen MR) is 233 cm³/mol. The Morgan fingerprint density at radius 1 is 0.417 bits per heavy atom. The van der Waals surface area contributed by atoms with Crippen LogP contribution in [0.2, 0.25) is 0 Å². The van der Waals surface area contributed by atoms with E-state index in [1.165, 1.54) is 122 Å². The van der Waals surface area contributed by atoms with Crippen molar-refractivity contribution in [3.8, 4) is 0 Å². The summed E-state index contributed by atoms with van der Waals surface area (Å²) in [6, 6.07) is 0. The van der Waals surface area contributed by atoms with Crippen molar-refractivity contribution in [3.63, 3.8) is 0 Å². The van der Waals surface area contributed by atoms with Crippen molar-refractivity contribution >= 4 is 0 Å². The van der Waals surface area contributed by atoms with Gasteiger partial charge in [-0.05, 0) is 19.3 Å². The first-order valence-corrected chi connectivity index (χ1v) is 24.7. The van der Waals surface area contributed by atoms with E-state index >= 15 is 0 Å². The third-order valence-electron chi connectivity index (χ3n) is 12.3. The number of aliphatic hydroxyl groups excluding tert-OH is 5. The van der Waals surface area contributed by atoms with Crippen LogP contribution < -0.4 is 0 Å². The van der Waals surface area contributed by atoms with Crippen LogP contribution in [0.5, 0.6) is 0 Å². The van der Waals surface area contributed by atoms with Gasteiger partial charge in [0.1, 0.15) is 36.6 Å². The molecule has 2 rings (SSSR count). The molecule has 7 N–H and O–H groups in total. The van der Waals surface area contributed by atoms with Crippen molar-refractivity contribution in [1.29, 1.82) is 0 Å². The minimum atomic E-state index is -2.72. The molecule has 0 aromatic rings. The summed E-state index contributed by atoms with van der Waals surface area (Å²) in [5.41, 5.74) is 0. The molecule has 0 aromatic heterocycles. The average Bonchev–Trinajstić information content (AvgIpc) is 3.25. The first-order valence-electron chi connectivity index (χ1n) is 24.7. The summed E-state index contributed by atoms with van der Waals surface area (Å²) in [5.74, 6) is -5.37. The van der Waals surface area contributed by atoms with Crippen molar-refractivity contribution in [2.75, 3.05) is 33.0 Å². The second kappa shape index (κ2) is 33.9. The monoisotopic (exact) mass is 865 g/mol. The van der Waals surface area contributed by atoms with Crippen LogP contribution in [0.15, 0.2) is 0 Å². The number of ether oxygens (including phenoxy) is 6. The fourth-order valence-corrected chi connectivity index (χ4v) is 8.37. The molecule has 2 saturated heterocycles. The summed E-state index contributed by atoms with van der Waals surface area (Å²) in [5, 5.41) is 77.1. The SMILES string of the molecule is CCCCCCCCCCCCCCCCO[C@]1(O)[C@H](OCCC)O[C@H](CO)[C@@H](O[C@H]2O[C@H](CO)[C@@H](O)[C@H](O)[C@H]2O)[C@@]1(O)OCCCCCCCCCCCCCCCC. The van der Waals surface area contributed by atoms with E-state index in [0.29, 0.717) is 19.3 Å². The smallest absolute Gasteiger partial charge is 0.277 e. The Hall–Kier alpha value is -0.520. The Kier molecular flexibility index (Phi) is 31.4. The van der Waals surface area contributed by atoms with Crippen LogP contribution in [0.25, 0.3) is 0 Å². The Balaban J connectivity index is 2.04. The van der Waals surface area contributed by atoms with Crippen molar-refractivity contribution in [2.45, 2.75) is 268 Å². The molecule has 0 spiro atoms. The van der Waals surface area contributed by atoms with E-state index < -0.39 is 74.0 Å². The van der Waals surface area contributed by atoms with Gasteiger partial charge in [-0.2, -0.15) is 0 Å². The van der Waals surface area contributed by atoms with Crippen LogP contribution in [0.3, 0.4) is 0 Å². The van der Waals surface area contributed by atoms with Crippen LogP contribution in [0.1, 0.15) is 207 Å². The second-order valence-corrected chi connectivity index (χ2v) is 17.6. The van der Waals surface area contributed by atoms with Gasteiger partial charge in [-0.3, -0.25) is 0 Å². The molecule has 2 heterocycles. The highest BCUT2D eigenvalue weighted by Gasteiger charge is 2.70. The van der Waals surface area contributed by atoms with Gasteiger partial charge in [-0.15, -0.1) is 0 Å². The number of unbranched alkanes of at least 4 members (excludes halogenated alkanes) is 26.